The molecule has 1 aliphatic heterocycles. The van der Waals surface area contributed by atoms with Gasteiger partial charge in [-0.15, -0.1) is 0 Å². The number of nitrogens with zero attached hydrogens (tertiary/aromatic N) is 1. The number of carbonyl (C=O) groups is 1. The lowest BCUT2D eigenvalue weighted by molar-refractivity contribution is -0.307. The molecule has 23 heavy (non-hydrogen) atoms. The molecule has 0 saturated carbocycles. The predicted octanol–water partition coefficient (Wildman–Crippen LogP) is 0.923. The Morgan fingerprint density at radius 3 is 2.78 bits per heavy atom. The van der Waals surface area contributed by atoms with Gasteiger partial charge in [-0.05, 0) is 36.7 Å². The van der Waals surface area contributed by atoms with Crippen molar-refractivity contribution >= 4 is 11.7 Å². The standard InChI is InChI=1S/C18H20N2O3/c1-19-12-23-16-8-4-7-15(10-16)20-11-14-6-3-2-5-13(14)9-17(20)18(21)22/h2-8,10,17,19H,9,11-12H2,1H3,(H,21,22)/p-1. The SMILES string of the molecule is CNCOc1cccc(N2Cc3ccccc3CC2C(=O)[O-])c1. The zero-order chi connectivity index (χ0) is 16.2. The van der Waals surface area contributed by atoms with Crippen LogP contribution in [0.5, 0.6) is 5.75 Å². The van der Waals surface area contributed by atoms with E-state index in [0.717, 1.165) is 16.8 Å². The highest BCUT2D eigenvalue weighted by atomic mass is 16.5. The molecule has 0 spiro atoms. The fourth-order valence-electron chi connectivity index (χ4n) is 2.91. The van der Waals surface area contributed by atoms with Crippen molar-refractivity contribution in [3.8, 4) is 5.75 Å². The number of rotatable bonds is 5. The summed E-state index contributed by atoms with van der Waals surface area (Å²) in [7, 11) is 1.80. The maximum atomic E-state index is 11.6. The number of aliphatic carboxylic acids is 1. The monoisotopic (exact) mass is 311 g/mol. The second kappa shape index (κ2) is 6.71. The molecule has 2 aromatic rings. The first-order valence-electron chi connectivity index (χ1n) is 7.61. The minimum atomic E-state index is -1.05. The summed E-state index contributed by atoms with van der Waals surface area (Å²) >= 11 is 0. The number of fused-ring (bicyclic) bond motifs is 1. The molecule has 120 valence electrons. The van der Waals surface area contributed by atoms with E-state index in [0.29, 0.717) is 25.4 Å². The van der Waals surface area contributed by atoms with Crippen LogP contribution in [0.3, 0.4) is 0 Å². The maximum absolute atomic E-state index is 11.6. The second-order valence-electron chi connectivity index (χ2n) is 5.58. The molecule has 5 heteroatoms. The third-order valence-electron chi connectivity index (χ3n) is 4.05. The highest BCUT2D eigenvalue weighted by Crippen LogP contribution is 2.30. The fourth-order valence-corrected chi connectivity index (χ4v) is 2.91. The number of ether oxygens (including phenoxy) is 1. The molecular formula is C18H19N2O3-. The number of benzene rings is 2. The minimum absolute atomic E-state index is 0.399. The second-order valence-corrected chi connectivity index (χ2v) is 5.58. The Kier molecular flexibility index (Phi) is 4.48. The molecule has 3 rings (SSSR count). The Morgan fingerprint density at radius 2 is 2.04 bits per heavy atom. The van der Waals surface area contributed by atoms with Gasteiger partial charge in [0, 0.05) is 18.3 Å². The molecule has 0 bridgehead atoms. The van der Waals surface area contributed by atoms with Crippen LogP contribution < -0.4 is 20.1 Å². The molecule has 0 amide bonds. The van der Waals surface area contributed by atoms with Crippen LogP contribution in [0.15, 0.2) is 48.5 Å². The van der Waals surface area contributed by atoms with E-state index < -0.39 is 12.0 Å². The van der Waals surface area contributed by atoms with Gasteiger partial charge >= 0.3 is 0 Å². The van der Waals surface area contributed by atoms with E-state index in [1.54, 1.807) is 7.05 Å². The number of hydrogen-bond acceptors (Lipinski definition) is 5. The molecule has 1 N–H and O–H groups in total. The summed E-state index contributed by atoms with van der Waals surface area (Å²) in [5.74, 6) is -0.353. The number of hydrogen-bond donors (Lipinski definition) is 1. The normalized spacial score (nSPS) is 16.7. The van der Waals surface area contributed by atoms with Crippen molar-refractivity contribution < 1.29 is 14.6 Å². The lowest BCUT2D eigenvalue weighted by atomic mass is 9.93. The maximum Gasteiger partial charge on any atom is 0.139 e. The molecule has 5 nitrogen and oxygen atoms in total. The Balaban J connectivity index is 1.92. The Hall–Kier alpha value is -2.53. The van der Waals surface area contributed by atoms with E-state index in [1.807, 2.05) is 53.4 Å². The van der Waals surface area contributed by atoms with Crippen LogP contribution in [0, 0.1) is 0 Å². The lowest BCUT2D eigenvalue weighted by Crippen LogP contribution is -2.51. The third kappa shape index (κ3) is 3.29. The van der Waals surface area contributed by atoms with Crippen molar-refractivity contribution in [2.45, 2.75) is 19.0 Å². The lowest BCUT2D eigenvalue weighted by Gasteiger charge is -2.39. The summed E-state index contributed by atoms with van der Waals surface area (Å²) in [5.41, 5.74) is 3.04. The number of carbonyl (C=O) groups excluding carboxylic acids is 1. The van der Waals surface area contributed by atoms with Gasteiger partial charge in [-0.3, -0.25) is 5.32 Å². The first kappa shape index (κ1) is 15.4. The molecule has 1 atom stereocenters. The molecule has 1 unspecified atom stereocenters. The summed E-state index contributed by atoms with van der Waals surface area (Å²) < 4.78 is 5.55. The van der Waals surface area contributed by atoms with Crippen molar-refractivity contribution in [1.82, 2.24) is 5.32 Å². The van der Waals surface area contributed by atoms with E-state index >= 15 is 0 Å². The molecule has 0 aromatic heterocycles. The average molecular weight is 311 g/mol. The van der Waals surface area contributed by atoms with E-state index in [4.69, 9.17) is 4.74 Å². The van der Waals surface area contributed by atoms with Gasteiger partial charge in [-0.1, -0.05) is 30.3 Å². The third-order valence-corrected chi connectivity index (χ3v) is 4.05. The number of anilines is 1. The summed E-state index contributed by atoms with van der Waals surface area (Å²) in [5, 5.41) is 14.5. The van der Waals surface area contributed by atoms with Gasteiger partial charge in [-0.25, -0.2) is 0 Å². The van der Waals surface area contributed by atoms with Gasteiger partial charge in [0.05, 0.1) is 12.0 Å². The average Bonchev–Trinajstić information content (AvgIpc) is 2.59. The number of nitrogens with one attached hydrogen (secondary N) is 1. The van der Waals surface area contributed by atoms with Crippen LogP contribution in [0.25, 0.3) is 0 Å². The van der Waals surface area contributed by atoms with Gasteiger partial charge in [0.2, 0.25) is 0 Å². The van der Waals surface area contributed by atoms with Crippen LogP contribution in [0.1, 0.15) is 11.1 Å². The van der Waals surface area contributed by atoms with Crippen LogP contribution in [-0.4, -0.2) is 25.8 Å². The first-order valence-corrected chi connectivity index (χ1v) is 7.61. The zero-order valence-corrected chi connectivity index (χ0v) is 13.0. The largest absolute Gasteiger partial charge is 0.548 e. The molecule has 0 saturated heterocycles. The highest BCUT2D eigenvalue weighted by molar-refractivity contribution is 5.78. The molecule has 2 aromatic carbocycles. The van der Waals surface area contributed by atoms with Crippen molar-refractivity contribution in [3.05, 3.63) is 59.7 Å². The van der Waals surface area contributed by atoms with Crippen molar-refractivity contribution in [2.75, 3.05) is 18.7 Å². The van der Waals surface area contributed by atoms with Crippen molar-refractivity contribution in [3.63, 3.8) is 0 Å². The molecule has 0 aliphatic carbocycles. The quantitative estimate of drug-likeness (QED) is 0.832. The fraction of sp³-hybridized carbons (Fsp3) is 0.278. The van der Waals surface area contributed by atoms with Crippen LogP contribution >= 0.6 is 0 Å². The Labute approximate surface area is 135 Å². The Morgan fingerprint density at radius 1 is 1.26 bits per heavy atom. The first-order chi connectivity index (χ1) is 11.2. The molecule has 1 aliphatic rings. The summed E-state index contributed by atoms with van der Waals surface area (Å²) in [6, 6.07) is 14.7. The molecule has 0 radical (unpaired) electrons. The van der Waals surface area contributed by atoms with E-state index in [1.165, 1.54) is 0 Å². The Bertz CT molecular complexity index is 702. The number of carboxylic acids is 1. The van der Waals surface area contributed by atoms with Gasteiger partial charge in [0.1, 0.15) is 12.5 Å². The predicted molar refractivity (Wildman–Crippen MR) is 86.1 cm³/mol. The van der Waals surface area contributed by atoms with Gasteiger partial charge in [-0.2, -0.15) is 0 Å². The molecular weight excluding hydrogens is 292 g/mol. The number of carboxylic acid groups (broad SMARTS) is 1. The van der Waals surface area contributed by atoms with E-state index in [2.05, 4.69) is 5.32 Å². The van der Waals surface area contributed by atoms with E-state index in [9.17, 15) is 9.90 Å². The van der Waals surface area contributed by atoms with E-state index in [-0.39, 0.29) is 0 Å². The van der Waals surface area contributed by atoms with Gasteiger partial charge in [0.25, 0.3) is 0 Å². The zero-order valence-electron chi connectivity index (χ0n) is 13.0. The van der Waals surface area contributed by atoms with Crippen LogP contribution in [0.2, 0.25) is 0 Å². The highest BCUT2D eigenvalue weighted by Gasteiger charge is 2.27. The van der Waals surface area contributed by atoms with Crippen molar-refractivity contribution in [1.29, 1.82) is 0 Å². The minimum Gasteiger partial charge on any atom is -0.548 e. The smallest absolute Gasteiger partial charge is 0.139 e. The van der Waals surface area contributed by atoms with Crippen molar-refractivity contribution in [2.24, 2.45) is 0 Å². The molecule has 1 heterocycles. The van der Waals surface area contributed by atoms with Crippen LogP contribution in [0.4, 0.5) is 5.69 Å². The van der Waals surface area contributed by atoms with Gasteiger partial charge in [0.15, 0.2) is 0 Å². The van der Waals surface area contributed by atoms with Gasteiger partial charge < -0.3 is 19.5 Å². The topological polar surface area (TPSA) is 64.6 Å². The summed E-state index contributed by atoms with van der Waals surface area (Å²) in [6.45, 7) is 0.945. The summed E-state index contributed by atoms with van der Waals surface area (Å²) in [6.07, 6.45) is 0.445. The van der Waals surface area contributed by atoms with Crippen LogP contribution in [-0.2, 0) is 17.8 Å². The molecule has 0 fully saturated rings. The summed E-state index contributed by atoms with van der Waals surface area (Å²) in [4.78, 5) is 13.5.